The Morgan fingerprint density at radius 3 is 2.66 bits per heavy atom. The van der Waals surface area contributed by atoms with Gasteiger partial charge in [-0.1, -0.05) is 19.1 Å². The van der Waals surface area contributed by atoms with Gasteiger partial charge in [0.2, 0.25) is 0 Å². The van der Waals surface area contributed by atoms with E-state index < -0.39 is 0 Å². The van der Waals surface area contributed by atoms with Crippen LogP contribution in [0.5, 0.6) is 11.5 Å². The number of amides is 1. The maximum absolute atomic E-state index is 12.7. The van der Waals surface area contributed by atoms with Gasteiger partial charge < -0.3 is 25.0 Å². The summed E-state index contributed by atoms with van der Waals surface area (Å²) in [7, 11) is 1.68. The minimum absolute atomic E-state index is 0.0773. The number of nitrogens with zero attached hydrogens (tertiary/aromatic N) is 1. The van der Waals surface area contributed by atoms with E-state index >= 15 is 0 Å². The highest BCUT2D eigenvalue weighted by Gasteiger charge is 2.41. The maximum atomic E-state index is 12.7. The summed E-state index contributed by atoms with van der Waals surface area (Å²) in [5, 5.41) is 6.87. The van der Waals surface area contributed by atoms with Crippen molar-refractivity contribution in [1.29, 1.82) is 0 Å². The second-order valence-corrected chi connectivity index (χ2v) is 8.00. The number of allylic oxidation sites excluding steroid dienone is 2. The van der Waals surface area contributed by atoms with Gasteiger partial charge in [0, 0.05) is 30.4 Å². The summed E-state index contributed by atoms with van der Waals surface area (Å²) in [5.74, 6) is 1.52. The van der Waals surface area contributed by atoms with Gasteiger partial charge in [-0.2, -0.15) is 0 Å². The van der Waals surface area contributed by atoms with Crippen LogP contribution in [0.2, 0.25) is 0 Å². The molecule has 2 aliphatic heterocycles. The van der Waals surface area contributed by atoms with Crippen LogP contribution in [0.3, 0.4) is 0 Å². The first-order valence-corrected chi connectivity index (χ1v) is 11.2. The van der Waals surface area contributed by atoms with Crippen LogP contribution in [0.1, 0.15) is 37.0 Å². The number of benzene rings is 2. The highest BCUT2D eigenvalue weighted by Crippen LogP contribution is 2.45. The highest BCUT2D eigenvalue weighted by molar-refractivity contribution is 5.94. The summed E-state index contributed by atoms with van der Waals surface area (Å²) in [5.41, 5.74) is 3.78. The van der Waals surface area contributed by atoms with Crippen molar-refractivity contribution in [3.05, 3.63) is 72.0 Å². The molecule has 2 aliphatic rings. The Kier molecular flexibility index (Phi) is 6.40. The SMILES string of the molecule is CCOc1ccc(C(=O)NCCC2(CC)Nc3cc(OC)ccc3N3CC=CC=C32)cc1. The molecular formula is C26H31N3O3. The number of methoxy groups -OCH3 is 1. The zero-order chi connectivity index (χ0) is 22.6. The van der Waals surface area contributed by atoms with Crippen molar-refractivity contribution in [1.82, 2.24) is 5.32 Å². The van der Waals surface area contributed by atoms with Crippen LogP contribution in [0, 0.1) is 0 Å². The maximum Gasteiger partial charge on any atom is 0.251 e. The number of nitrogens with one attached hydrogen (secondary N) is 2. The fraction of sp³-hybridized carbons (Fsp3) is 0.346. The van der Waals surface area contributed by atoms with Gasteiger partial charge in [0.05, 0.1) is 30.6 Å². The molecule has 0 saturated carbocycles. The number of carbonyl (C=O) groups is 1. The van der Waals surface area contributed by atoms with Gasteiger partial charge in [-0.3, -0.25) is 4.79 Å². The van der Waals surface area contributed by atoms with Crippen molar-refractivity contribution in [2.45, 2.75) is 32.2 Å². The largest absolute Gasteiger partial charge is 0.497 e. The van der Waals surface area contributed by atoms with Crippen LogP contribution in [-0.2, 0) is 0 Å². The lowest BCUT2D eigenvalue weighted by atomic mass is 9.83. The molecule has 32 heavy (non-hydrogen) atoms. The number of rotatable bonds is 8. The molecule has 0 fully saturated rings. The first-order chi connectivity index (χ1) is 15.6. The summed E-state index contributed by atoms with van der Waals surface area (Å²) < 4.78 is 10.9. The second-order valence-electron chi connectivity index (χ2n) is 8.00. The van der Waals surface area contributed by atoms with Gasteiger partial charge in [-0.15, -0.1) is 0 Å². The molecule has 168 valence electrons. The van der Waals surface area contributed by atoms with E-state index in [1.54, 1.807) is 19.2 Å². The minimum atomic E-state index is -0.282. The van der Waals surface area contributed by atoms with Crippen molar-refractivity contribution < 1.29 is 14.3 Å². The third kappa shape index (κ3) is 4.17. The zero-order valence-electron chi connectivity index (χ0n) is 19.0. The summed E-state index contributed by atoms with van der Waals surface area (Å²) in [4.78, 5) is 15.0. The third-order valence-electron chi connectivity index (χ3n) is 6.20. The molecule has 0 spiro atoms. The molecule has 0 saturated heterocycles. The van der Waals surface area contributed by atoms with E-state index in [2.05, 4.69) is 46.8 Å². The van der Waals surface area contributed by atoms with Crippen LogP contribution in [0.25, 0.3) is 0 Å². The Morgan fingerprint density at radius 1 is 1.16 bits per heavy atom. The molecule has 6 nitrogen and oxygen atoms in total. The Bertz CT molecular complexity index is 1030. The molecule has 1 atom stereocenters. The molecule has 1 unspecified atom stereocenters. The first-order valence-electron chi connectivity index (χ1n) is 11.2. The van der Waals surface area contributed by atoms with E-state index in [1.807, 2.05) is 31.2 Å². The van der Waals surface area contributed by atoms with Gasteiger partial charge in [0.1, 0.15) is 11.5 Å². The van der Waals surface area contributed by atoms with Crippen molar-refractivity contribution in [3.63, 3.8) is 0 Å². The van der Waals surface area contributed by atoms with Gasteiger partial charge in [-0.05, 0) is 62.2 Å². The lowest BCUT2D eigenvalue weighted by Gasteiger charge is -2.48. The molecule has 0 aliphatic carbocycles. The molecule has 2 aromatic carbocycles. The number of hydrogen-bond donors (Lipinski definition) is 2. The molecule has 6 heteroatoms. The number of carbonyl (C=O) groups excluding carboxylic acids is 1. The van der Waals surface area contributed by atoms with Gasteiger partial charge >= 0.3 is 0 Å². The molecule has 2 N–H and O–H groups in total. The molecule has 2 heterocycles. The summed E-state index contributed by atoms with van der Waals surface area (Å²) in [6.07, 6.45) is 8.11. The summed E-state index contributed by atoms with van der Waals surface area (Å²) >= 11 is 0. The normalized spacial score (nSPS) is 18.7. The van der Waals surface area contributed by atoms with E-state index in [0.29, 0.717) is 18.7 Å². The molecule has 0 aromatic heterocycles. The van der Waals surface area contributed by atoms with E-state index in [1.165, 1.54) is 5.70 Å². The topological polar surface area (TPSA) is 62.8 Å². The Labute approximate surface area is 189 Å². The quantitative estimate of drug-likeness (QED) is 0.629. The van der Waals surface area contributed by atoms with E-state index in [9.17, 15) is 4.79 Å². The van der Waals surface area contributed by atoms with Crippen LogP contribution >= 0.6 is 0 Å². The van der Waals surface area contributed by atoms with Crippen LogP contribution < -0.4 is 25.0 Å². The van der Waals surface area contributed by atoms with Gasteiger partial charge in [0.15, 0.2) is 0 Å². The number of anilines is 2. The zero-order valence-corrected chi connectivity index (χ0v) is 19.0. The predicted molar refractivity (Wildman–Crippen MR) is 129 cm³/mol. The lowest BCUT2D eigenvalue weighted by molar-refractivity contribution is 0.0951. The number of hydrogen-bond acceptors (Lipinski definition) is 5. The smallest absolute Gasteiger partial charge is 0.251 e. The highest BCUT2D eigenvalue weighted by atomic mass is 16.5. The average molecular weight is 434 g/mol. The molecule has 4 rings (SSSR count). The minimum Gasteiger partial charge on any atom is -0.497 e. The standard InChI is InChI=1S/C26H31N3O3/c1-4-26(15-16-27-25(30)19-9-11-20(12-10-19)32-5-2)24-8-6-7-17-29(24)23-14-13-21(31-3)18-22(23)28-26/h6-14,18,28H,4-5,15-17H2,1-3H3,(H,27,30). The van der Waals surface area contributed by atoms with Gasteiger partial charge in [-0.25, -0.2) is 0 Å². The fourth-order valence-electron chi connectivity index (χ4n) is 4.46. The van der Waals surface area contributed by atoms with Crippen molar-refractivity contribution >= 4 is 17.3 Å². The van der Waals surface area contributed by atoms with Crippen LogP contribution in [-0.4, -0.2) is 38.3 Å². The Hall–Kier alpha value is -3.41. The van der Waals surface area contributed by atoms with Gasteiger partial charge in [0.25, 0.3) is 5.91 Å². The monoisotopic (exact) mass is 433 g/mol. The van der Waals surface area contributed by atoms with Crippen molar-refractivity contribution in [3.8, 4) is 11.5 Å². The number of fused-ring (bicyclic) bond motifs is 3. The third-order valence-corrected chi connectivity index (χ3v) is 6.20. The van der Waals surface area contributed by atoms with Crippen molar-refractivity contribution in [2.24, 2.45) is 0 Å². The van der Waals surface area contributed by atoms with Crippen molar-refractivity contribution in [2.75, 3.05) is 37.0 Å². The van der Waals surface area contributed by atoms with E-state index in [-0.39, 0.29) is 11.4 Å². The molecule has 0 bridgehead atoms. The van der Waals surface area contributed by atoms with E-state index in [4.69, 9.17) is 9.47 Å². The Morgan fingerprint density at radius 2 is 1.94 bits per heavy atom. The summed E-state index contributed by atoms with van der Waals surface area (Å²) in [6, 6.07) is 13.4. The molecular weight excluding hydrogens is 402 g/mol. The average Bonchev–Trinajstić information content (AvgIpc) is 2.84. The number of ether oxygens (including phenoxy) is 2. The summed E-state index contributed by atoms with van der Waals surface area (Å²) in [6.45, 7) is 6.11. The lowest BCUT2D eigenvalue weighted by Crippen LogP contribution is -2.52. The Balaban J connectivity index is 1.51. The van der Waals surface area contributed by atoms with E-state index in [0.717, 1.165) is 42.3 Å². The van der Waals surface area contributed by atoms with Crippen LogP contribution in [0.15, 0.2) is 66.4 Å². The molecule has 0 radical (unpaired) electrons. The predicted octanol–water partition coefficient (Wildman–Crippen LogP) is 4.75. The fourth-order valence-corrected chi connectivity index (χ4v) is 4.46. The second kappa shape index (κ2) is 9.39. The molecule has 1 amide bonds. The van der Waals surface area contributed by atoms with Crippen LogP contribution in [0.4, 0.5) is 11.4 Å². The first kappa shape index (κ1) is 21.8. The molecule has 2 aromatic rings.